The SMILES string of the molecule is CC.CC(C)(S)C(NC(=O)CCCCC(=O)NC(C(=O)NCc1ccccc1)C(C)(C)S)C(=O)NCc1ccccc1. The normalized spacial score (nSPS) is 12.6. The fourth-order valence-corrected chi connectivity index (χ4v) is 4.30. The zero-order valence-electron chi connectivity index (χ0n) is 25.7. The molecule has 0 fully saturated rings. The number of carbonyl (C=O) groups is 4. The molecule has 2 atom stereocenters. The highest BCUT2D eigenvalue weighted by Gasteiger charge is 2.34. The predicted octanol–water partition coefficient (Wildman–Crippen LogP) is 4.59. The van der Waals surface area contributed by atoms with Gasteiger partial charge in [0.15, 0.2) is 0 Å². The first-order chi connectivity index (χ1) is 19.8. The van der Waals surface area contributed by atoms with Crippen LogP contribution in [0.3, 0.4) is 0 Å². The van der Waals surface area contributed by atoms with Crippen LogP contribution in [0, 0.1) is 0 Å². The lowest BCUT2D eigenvalue weighted by Gasteiger charge is -2.30. The van der Waals surface area contributed by atoms with Crippen molar-refractivity contribution in [2.75, 3.05) is 0 Å². The van der Waals surface area contributed by atoms with Crippen molar-refractivity contribution in [1.82, 2.24) is 21.3 Å². The second kappa shape index (κ2) is 18.5. The van der Waals surface area contributed by atoms with E-state index < -0.39 is 21.6 Å². The second-order valence-corrected chi connectivity index (χ2v) is 13.2. The number of benzene rings is 2. The topological polar surface area (TPSA) is 116 Å². The highest BCUT2D eigenvalue weighted by Crippen LogP contribution is 2.20. The molecule has 0 spiro atoms. The summed E-state index contributed by atoms with van der Waals surface area (Å²) >= 11 is 9.04. The molecule has 10 heteroatoms. The van der Waals surface area contributed by atoms with Crippen LogP contribution in [0.4, 0.5) is 0 Å². The van der Waals surface area contributed by atoms with Gasteiger partial charge in [0, 0.05) is 35.4 Å². The summed E-state index contributed by atoms with van der Waals surface area (Å²) in [5.74, 6) is -1.22. The van der Waals surface area contributed by atoms with Gasteiger partial charge in [0.25, 0.3) is 0 Å². The van der Waals surface area contributed by atoms with Crippen molar-refractivity contribution in [3.05, 3.63) is 71.8 Å². The molecule has 0 aliphatic rings. The summed E-state index contributed by atoms with van der Waals surface area (Å²) in [6, 6.07) is 17.3. The zero-order chi connectivity index (χ0) is 31.8. The van der Waals surface area contributed by atoms with Gasteiger partial charge in [-0.1, -0.05) is 74.5 Å². The zero-order valence-corrected chi connectivity index (χ0v) is 27.5. The Morgan fingerprint density at radius 1 is 0.619 bits per heavy atom. The minimum absolute atomic E-state index is 0.151. The van der Waals surface area contributed by atoms with Crippen LogP contribution in [0.25, 0.3) is 0 Å². The fourth-order valence-electron chi connectivity index (χ4n) is 3.94. The van der Waals surface area contributed by atoms with Gasteiger partial charge in [-0.15, -0.1) is 0 Å². The van der Waals surface area contributed by atoms with Crippen LogP contribution < -0.4 is 21.3 Å². The van der Waals surface area contributed by atoms with E-state index in [2.05, 4.69) is 46.5 Å². The number of hydrogen-bond acceptors (Lipinski definition) is 6. The van der Waals surface area contributed by atoms with E-state index >= 15 is 0 Å². The van der Waals surface area contributed by atoms with Crippen molar-refractivity contribution < 1.29 is 19.2 Å². The quantitative estimate of drug-likeness (QED) is 0.130. The Bertz CT molecular complexity index is 1030. The molecule has 0 bridgehead atoms. The number of carbonyl (C=O) groups excluding carboxylic acids is 4. The Balaban J connectivity index is 0.00000431. The summed E-state index contributed by atoms with van der Waals surface area (Å²) in [7, 11) is 0. The molecule has 0 saturated heterocycles. The summed E-state index contributed by atoms with van der Waals surface area (Å²) in [6.45, 7) is 11.8. The average molecular weight is 617 g/mol. The fraction of sp³-hybridized carbons (Fsp3) is 0.500. The smallest absolute Gasteiger partial charge is 0.244 e. The van der Waals surface area contributed by atoms with Crippen LogP contribution in [0.2, 0.25) is 0 Å². The van der Waals surface area contributed by atoms with Gasteiger partial charge in [-0.25, -0.2) is 0 Å². The van der Waals surface area contributed by atoms with Gasteiger partial charge >= 0.3 is 0 Å². The second-order valence-electron chi connectivity index (χ2n) is 10.9. The molecule has 2 aromatic carbocycles. The number of unbranched alkanes of at least 4 members (excludes halogenated alkanes) is 1. The molecule has 2 aromatic rings. The molecular formula is C32H48N4O4S2. The van der Waals surface area contributed by atoms with Gasteiger partial charge in [-0.05, 0) is 51.7 Å². The number of nitrogens with one attached hydrogen (secondary N) is 4. The summed E-state index contributed by atoms with van der Waals surface area (Å²) < 4.78 is -1.57. The largest absolute Gasteiger partial charge is 0.350 e. The van der Waals surface area contributed by atoms with Gasteiger partial charge in [0.2, 0.25) is 23.6 Å². The Morgan fingerprint density at radius 2 is 0.929 bits per heavy atom. The predicted molar refractivity (Wildman–Crippen MR) is 176 cm³/mol. The van der Waals surface area contributed by atoms with E-state index in [0.717, 1.165) is 11.1 Å². The molecule has 0 saturated carbocycles. The van der Waals surface area contributed by atoms with Crippen molar-refractivity contribution in [1.29, 1.82) is 0 Å². The van der Waals surface area contributed by atoms with Crippen LogP contribution in [-0.4, -0.2) is 45.2 Å². The highest BCUT2D eigenvalue weighted by molar-refractivity contribution is 7.82. The third-order valence-corrected chi connectivity index (χ3v) is 6.74. The Morgan fingerprint density at radius 3 is 1.21 bits per heavy atom. The van der Waals surface area contributed by atoms with Gasteiger partial charge in [0.05, 0.1) is 0 Å². The molecule has 42 heavy (non-hydrogen) atoms. The molecule has 4 amide bonds. The summed E-state index contributed by atoms with van der Waals surface area (Å²) in [6.07, 6.45) is 1.19. The maximum atomic E-state index is 12.8. The number of hydrogen-bond donors (Lipinski definition) is 6. The molecule has 4 N–H and O–H groups in total. The van der Waals surface area contributed by atoms with E-state index in [1.807, 2.05) is 74.5 Å². The van der Waals surface area contributed by atoms with Crippen molar-refractivity contribution in [2.24, 2.45) is 0 Å². The van der Waals surface area contributed by atoms with Crippen LogP contribution in [0.1, 0.15) is 78.4 Å². The molecule has 0 aliphatic heterocycles. The lowest BCUT2D eigenvalue weighted by molar-refractivity contribution is -0.130. The number of rotatable bonds is 15. The lowest BCUT2D eigenvalue weighted by Crippen LogP contribution is -2.55. The van der Waals surface area contributed by atoms with Gasteiger partial charge in [-0.3, -0.25) is 19.2 Å². The van der Waals surface area contributed by atoms with E-state index in [4.69, 9.17) is 0 Å². The maximum absolute atomic E-state index is 12.8. The standard InChI is InChI=1S/C30H42N4O4S2.C2H6/c1-29(2,39)25(27(37)31-19-21-13-7-5-8-14-21)33-23(35)17-11-12-18-24(36)34-26(30(3,4)40)28(38)32-20-22-15-9-6-10-16-22;1-2/h5-10,13-16,25-26,39-40H,11-12,17-20H2,1-4H3,(H,31,37)(H,32,38)(H,33,35)(H,34,36);1-2H3. The van der Waals surface area contributed by atoms with E-state index in [1.54, 1.807) is 27.7 Å². The van der Waals surface area contributed by atoms with Gasteiger partial charge in [-0.2, -0.15) is 25.3 Å². The van der Waals surface area contributed by atoms with E-state index in [9.17, 15) is 19.2 Å². The summed E-state index contributed by atoms with van der Waals surface area (Å²) in [5, 5.41) is 11.3. The Labute approximate surface area is 262 Å². The highest BCUT2D eigenvalue weighted by atomic mass is 32.1. The molecule has 2 unspecified atom stereocenters. The Kier molecular flexibility index (Phi) is 16.3. The van der Waals surface area contributed by atoms with Crippen LogP contribution in [0.5, 0.6) is 0 Å². The third kappa shape index (κ3) is 14.3. The third-order valence-electron chi connectivity index (χ3n) is 6.22. The molecule has 232 valence electrons. The van der Waals surface area contributed by atoms with Crippen LogP contribution in [0.15, 0.2) is 60.7 Å². The Hall–Kier alpha value is -2.98. The summed E-state index contributed by atoms with van der Waals surface area (Å²) in [4.78, 5) is 50.9. The first-order valence-corrected chi connectivity index (χ1v) is 15.3. The molecule has 0 heterocycles. The molecule has 0 aromatic heterocycles. The molecule has 8 nitrogen and oxygen atoms in total. The minimum Gasteiger partial charge on any atom is -0.350 e. The van der Waals surface area contributed by atoms with E-state index in [0.29, 0.717) is 25.9 Å². The molecular weight excluding hydrogens is 569 g/mol. The number of thiol groups is 2. The van der Waals surface area contributed by atoms with Crippen molar-refractivity contribution in [2.45, 2.75) is 102 Å². The number of amides is 4. The van der Waals surface area contributed by atoms with E-state index in [1.165, 1.54) is 0 Å². The first-order valence-electron chi connectivity index (χ1n) is 14.4. The lowest BCUT2D eigenvalue weighted by atomic mass is 10.0. The van der Waals surface area contributed by atoms with Gasteiger partial charge in [0.1, 0.15) is 12.1 Å². The van der Waals surface area contributed by atoms with Crippen LogP contribution >= 0.6 is 25.3 Å². The average Bonchev–Trinajstić information content (AvgIpc) is 2.95. The van der Waals surface area contributed by atoms with Crippen molar-refractivity contribution >= 4 is 48.9 Å². The summed E-state index contributed by atoms with van der Waals surface area (Å²) in [5.41, 5.74) is 1.90. The van der Waals surface area contributed by atoms with Gasteiger partial charge < -0.3 is 21.3 Å². The monoisotopic (exact) mass is 616 g/mol. The molecule has 0 aliphatic carbocycles. The molecule has 2 rings (SSSR count). The van der Waals surface area contributed by atoms with Crippen molar-refractivity contribution in [3.63, 3.8) is 0 Å². The molecule has 0 radical (unpaired) electrons. The van der Waals surface area contributed by atoms with E-state index in [-0.39, 0.29) is 36.5 Å². The first kappa shape index (κ1) is 37.0. The maximum Gasteiger partial charge on any atom is 0.244 e. The minimum atomic E-state index is -0.830. The van der Waals surface area contributed by atoms with Crippen LogP contribution in [-0.2, 0) is 32.3 Å². The van der Waals surface area contributed by atoms with Crippen molar-refractivity contribution in [3.8, 4) is 0 Å².